The summed E-state index contributed by atoms with van der Waals surface area (Å²) >= 11 is 0. The second-order valence-electron chi connectivity index (χ2n) is 5.99. The van der Waals surface area contributed by atoms with Gasteiger partial charge in [-0.15, -0.1) is 12.4 Å². The van der Waals surface area contributed by atoms with Gasteiger partial charge in [0.25, 0.3) is 0 Å². The van der Waals surface area contributed by atoms with Crippen molar-refractivity contribution < 1.29 is 17.6 Å². The van der Waals surface area contributed by atoms with Gasteiger partial charge in [0.05, 0.1) is 17.5 Å². The molecule has 0 aliphatic heterocycles. The molecule has 0 saturated carbocycles. The number of furan rings is 1. The van der Waals surface area contributed by atoms with E-state index in [9.17, 15) is 13.2 Å². The van der Waals surface area contributed by atoms with Crippen molar-refractivity contribution in [2.75, 3.05) is 0 Å². The maximum absolute atomic E-state index is 13.3. The first-order valence-electron chi connectivity index (χ1n) is 7.67. The van der Waals surface area contributed by atoms with Crippen molar-refractivity contribution in [2.45, 2.75) is 31.9 Å². The Bertz CT molecular complexity index is 845. The summed E-state index contributed by atoms with van der Waals surface area (Å²) in [5.41, 5.74) is 9.36. The zero-order valence-electron chi connectivity index (χ0n) is 13.9. The molecule has 26 heavy (non-hydrogen) atoms. The molecule has 1 aliphatic rings. The minimum Gasteiger partial charge on any atom is -0.468 e. The number of rotatable bonds is 2. The van der Waals surface area contributed by atoms with Crippen LogP contribution in [0.2, 0.25) is 0 Å². The van der Waals surface area contributed by atoms with Crippen LogP contribution in [0.1, 0.15) is 40.4 Å². The summed E-state index contributed by atoms with van der Waals surface area (Å²) in [6, 6.07) is 5.55. The molecule has 1 aromatic carbocycles. The van der Waals surface area contributed by atoms with Crippen molar-refractivity contribution in [3.8, 4) is 0 Å². The molecule has 140 valence electrons. The SMILES string of the molecule is Cc1coc2c1/C(=N/NC(=N)N)CC(c1ccccc1C(F)(F)F)C2.Cl. The molecule has 1 atom stereocenters. The summed E-state index contributed by atoms with van der Waals surface area (Å²) in [7, 11) is 0. The van der Waals surface area contributed by atoms with Crippen molar-refractivity contribution in [1.82, 2.24) is 5.43 Å². The maximum atomic E-state index is 13.3. The van der Waals surface area contributed by atoms with Crippen LogP contribution < -0.4 is 11.2 Å². The fourth-order valence-electron chi connectivity index (χ4n) is 3.23. The quantitative estimate of drug-likeness (QED) is 0.415. The molecule has 1 aromatic heterocycles. The Morgan fingerprint density at radius 3 is 2.65 bits per heavy atom. The number of aryl methyl sites for hydroxylation is 1. The second kappa shape index (κ2) is 7.41. The van der Waals surface area contributed by atoms with Gasteiger partial charge in [-0.3, -0.25) is 5.41 Å². The lowest BCUT2D eigenvalue weighted by Crippen LogP contribution is -2.29. The highest BCUT2D eigenvalue weighted by atomic mass is 35.5. The largest absolute Gasteiger partial charge is 0.468 e. The Kier molecular flexibility index (Phi) is 5.65. The monoisotopic (exact) mass is 386 g/mol. The standard InChI is InChI=1S/C17H17F3N4O.ClH/c1-9-8-25-14-7-10(6-13(15(9)14)23-24-16(21)22)11-4-2-3-5-12(11)17(18,19)20;/h2-5,8,10H,6-7H2,1H3,(H4,21,22,24);1H/b23-13+;. The van der Waals surface area contributed by atoms with Gasteiger partial charge in [0.15, 0.2) is 0 Å². The summed E-state index contributed by atoms with van der Waals surface area (Å²) in [6.45, 7) is 1.84. The first-order valence-corrected chi connectivity index (χ1v) is 7.67. The molecule has 0 saturated heterocycles. The number of benzene rings is 1. The number of fused-ring (bicyclic) bond motifs is 1. The first-order chi connectivity index (χ1) is 11.8. The normalized spacial score (nSPS) is 18.2. The van der Waals surface area contributed by atoms with Gasteiger partial charge < -0.3 is 10.2 Å². The van der Waals surface area contributed by atoms with Crippen molar-refractivity contribution in [2.24, 2.45) is 10.8 Å². The summed E-state index contributed by atoms with van der Waals surface area (Å²) in [6.07, 6.45) is -2.22. The van der Waals surface area contributed by atoms with E-state index in [-0.39, 0.29) is 23.9 Å². The molecule has 1 unspecified atom stereocenters. The van der Waals surface area contributed by atoms with Crippen LogP contribution in [0.5, 0.6) is 0 Å². The molecule has 5 nitrogen and oxygen atoms in total. The van der Waals surface area contributed by atoms with Gasteiger partial charge in [0.1, 0.15) is 5.76 Å². The van der Waals surface area contributed by atoms with Crippen LogP contribution in [0.4, 0.5) is 13.2 Å². The van der Waals surface area contributed by atoms with Gasteiger partial charge in [-0.1, -0.05) is 18.2 Å². The number of guanidine groups is 1. The molecular formula is C17H18ClF3N4O. The van der Waals surface area contributed by atoms with Gasteiger partial charge in [-0.05, 0) is 36.5 Å². The molecule has 0 amide bonds. The van der Waals surface area contributed by atoms with Crippen LogP contribution >= 0.6 is 12.4 Å². The minimum absolute atomic E-state index is 0. The third-order valence-electron chi connectivity index (χ3n) is 4.23. The van der Waals surface area contributed by atoms with Crippen LogP contribution in [0.3, 0.4) is 0 Å². The molecule has 0 spiro atoms. The molecule has 1 heterocycles. The smallest absolute Gasteiger partial charge is 0.416 e. The van der Waals surface area contributed by atoms with E-state index in [2.05, 4.69) is 10.5 Å². The average Bonchev–Trinajstić information content (AvgIpc) is 2.93. The van der Waals surface area contributed by atoms with E-state index in [0.717, 1.165) is 17.2 Å². The lowest BCUT2D eigenvalue weighted by molar-refractivity contribution is -0.138. The highest BCUT2D eigenvalue weighted by molar-refractivity contribution is 6.04. The molecule has 0 bridgehead atoms. The van der Waals surface area contributed by atoms with Crippen LogP contribution in [-0.2, 0) is 12.6 Å². The predicted octanol–water partition coefficient (Wildman–Crippen LogP) is 3.95. The first kappa shape index (κ1) is 19.8. The Balaban J connectivity index is 0.00000243. The Morgan fingerprint density at radius 1 is 1.31 bits per heavy atom. The van der Waals surface area contributed by atoms with Crippen LogP contribution in [-0.4, -0.2) is 11.7 Å². The lowest BCUT2D eigenvalue weighted by Gasteiger charge is -2.26. The highest BCUT2D eigenvalue weighted by Gasteiger charge is 2.37. The molecule has 2 aromatic rings. The van der Waals surface area contributed by atoms with E-state index in [4.69, 9.17) is 15.6 Å². The number of nitrogens with two attached hydrogens (primary N) is 1. The molecule has 9 heteroatoms. The van der Waals surface area contributed by atoms with E-state index in [0.29, 0.717) is 24.3 Å². The van der Waals surface area contributed by atoms with Crippen molar-refractivity contribution in [1.29, 1.82) is 5.41 Å². The zero-order chi connectivity index (χ0) is 18.2. The molecule has 1 aliphatic carbocycles. The van der Waals surface area contributed by atoms with Crippen molar-refractivity contribution in [3.63, 3.8) is 0 Å². The topological polar surface area (TPSA) is 87.4 Å². The fourth-order valence-corrected chi connectivity index (χ4v) is 3.23. The van der Waals surface area contributed by atoms with Crippen LogP contribution in [0.15, 0.2) is 40.0 Å². The van der Waals surface area contributed by atoms with Gasteiger partial charge in [-0.2, -0.15) is 18.3 Å². The number of halogens is 4. The number of nitrogens with zero attached hydrogens (tertiary/aromatic N) is 1. The van der Waals surface area contributed by atoms with E-state index < -0.39 is 17.7 Å². The summed E-state index contributed by atoms with van der Waals surface area (Å²) in [5.74, 6) is -0.175. The average molecular weight is 387 g/mol. The van der Waals surface area contributed by atoms with E-state index >= 15 is 0 Å². The van der Waals surface area contributed by atoms with Gasteiger partial charge in [0, 0.05) is 12.0 Å². The molecule has 3 rings (SSSR count). The number of nitrogens with one attached hydrogen (secondary N) is 2. The number of alkyl halides is 3. The van der Waals surface area contributed by atoms with Gasteiger partial charge in [-0.25, -0.2) is 5.43 Å². The second-order valence-corrected chi connectivity index (χ2v) is 5.99. The Labute approximate surface area is 154 Å². The lowest BCUT2D eigenvalue weighted by atomic mass is 9.80. The van der Waals surface area contributed by atoms with E-state index in [1.807, 2.05) is 6.92 Å². The number of hydrogen-bond donors (Lipinski definition) is 3. The highest BCUT2D eigenvalue weighted by Crippen LogP contribution is 2.41. The molecular weight excluding hydrogens is 369 g/mol. The van der Waals surface area contributed by atoms with E-state index in [1.54, 1.807) is 12.3 Å². The number of hydrogen-bond acceptors (Lipinski definition) is 3. The summed E-state index contributed by atoms with van der Waals surface area (Å²) in [5, 5.41) is 11.3. The van der Waals surface area contributed by atoms with Gasteiger partial charge >= 0.3 is 6.18 Å². The molecule has 4 N–H and O–H groups in total. The van der Waals surface area contributed by atoms with Crippen molar-refractivity contribution in [3.05, 3.63) is 58.5 Å². The third-order valence-corrected chi connectivity index (χ3v) is 4.23. The maximum Gasteiger partial charge on any atom is 0.416 e. The molecule has 0 radical (unpaired) electrons. The third kappa shape index (κ3) is 3.85. The summed E-state index contributed by atoms with van der Waals surface area (Å²) in [4.78, 5) is 0. The Hall–Kier alpha value is -2.48. The van der Waals surface area contributed by atoms with Crippen LogP contribution in [0, 0.1) is 12.3 Å². The van der Waals surface area contributed by atoms with Crippen molar-refractivity contribution >= 4 is 24.1 Å². The fraction of sp³-hybridized carbons (Fsp3) is 0.294. The van der Waals surface area contributed by atoms with Crippen LogP contribution in [0.25, 0.3) is 0 Å². The predicted molar refractivity (Wildman–Crippen MR) is 94.8 cm³/mol. The van der Waals surface area contributed by atoms with E-state index in [1.165, 1.54) is 12.1 Å². The van der Waals surface area contributed by atoms with Gasteiger partial charge in [0.2, 0.25) is 5.96 Å². The molecule has 0 fully saturated rings. The Morgan fingerprint density at radius 2 is 2.00 bits per heavy atom. The zero-order valence-corrected chi connectivity index (χ0v) is 14.7. The minimum atomic E-state index is -4.43. The number of hydrazone groups is 1. The summed E-state index contributed by atoms with van der Waals surface area (Å²) < 4.78 is 45.6.